The number of ketones is 1. The number of anilines is 1. The van der Waals surface area contributed by atoms with Gasteiger partial charge in [0.15, 0.2) is 0 Å². The molecule has 1 fully saturated rings. The first-order valence-electron chi connectivity index (χ1n) is 11.3. The van der Waals surface area contributed by atoms with E-state index in [4.69, 9.17) is 32.7 Å². The normalized spacial score (nSPS) is 16.6. The van der Waals surface area contributed by atoms with Crippen LogP contribution in [0.4, 0.5) is 5.69 Å². The Labute approximate surface area is 223 Å². The number of rotatable bonds is 7. The largest absolute Gasteiger partial charge is 0.507 e. The van der Waals surface area contributed by atoms with Gasteiger partial charge < -0.3 is 14.6 Å². The van der Waals surface area contributed by atoms with Crippen LogP contribution in [0.5, 0.6) is 5.75 Å². The van der Waals surface area contributed by atoms with Crippen LogP contribution in [0.15, 0.2) is 66.5 Å². The van der Waals surface area contributed by atoms with Gasteiger partial charge >= 0.3 is 5.97 Å². The Hall–Kier alpha value is -3.88. The molecule has 37 heavy (non-hydrogen) atoms. The number of benzene rings is 2. The van der Waals surface area contributed by atoms with Gasteiger partial charge in [-0.1, -0.05) is 35.3 Å². The summed E-state index contributed by atoms with van der Waals surface area (Å²) >= 11 is 12.4. The van der Waals surface area contributed by atoms with Crippen molar-refractivity contribution in [2.75, 3.05) is 18.6 Å². The highest BCUT2D eigenvalue weighted by Crippen LogP contribution is 2.44. The lowest BCUT2D eigenvalue weighted by Gasteiger charge is -2.25. The van der Waals surface area contributed by atoms with E-state index in [1.807, 2.05) is 0 Å². The zero-order chi connectivity index (χ0) is 26.7. The third kappa shape index (κ3) is 5.16. The standard InChI is InChI=1S/C27H22Cl2N2O6/c1-3-37-21(32)12-15-4-6-18(7-5-15)31-23(16-8-10-30-11-9-16)22(25(34)27(31)35)24(33)19-13-17(28)14-20(29)26(19)36-2/h4-11,13-14,23,33H,3,12H2,1-2H3/b24-22+. The smallest absolute Gasteiger partial charge is 0.310 e. The number of amides is 1. The second-order valence-corrected chi connectivity index (χ2v) is 8.91. The van der Waals surface area contributed by atoms with Crippen molar-refractivity contribution in [1.82, 2.24) is 4.98 Å². The third-order valence-corrected chi connectivity index (χ3v) is 6.30. The maximum Gasteiger partial charge on any atom is 0.310 e. The number of pyridine rings is 1. The average molecular weight is 541 g/mol. The van der Waals surface area contributed by atoms with E-state index in [1.54, 1.807) is 43.3 Å². The minimum Gasteiger partial charge on any atom is -0.507 e. The number of aliphatic hydroxyl groups is 1. The van der Waals surface area contributed by atoms with Crippen LogP contribution in [-0.2, 0) is 25.5 Å². The highest BCUT2D eigenvalue weighted by Gasteiger charge is 2.47. The minimum atomic E-state index is -0.985. The number of hydrogen-bond donors (Lipinski definition) is 1. The molecule has 1 aliphatic heterocycles. The van der Waals surface area contributed by atoms with Crippen LogP contribution >= 0.6 is 23.2 Å². The van der Waals surface area contributed by atoms with Crippen LogP contribution in [0.25, 0.3) is 5.76 Å². The topological polar surface area (TPSA) is 106 Å². The second-order valence-electron chi connectivity index (χ2n) is 8.07. The zero-order valence-electron chi connectivity index (χ0n) is 19.9. The van der Waals surface area contributed by atoms with Crippen molar-refractivity contribution in [2.45, 2.75) is 19.4 Å². The molecule has 1 N–H and O–H groups in total. The first-order valence-corrected chi connectivity index (χ1v) is 12.0. The Kier molecular flexibility index (Phi) is 7.80. The van der Waals surface area contributed by atoms with Gasteiger partial charge in [0.05, 0.1) is 42.3 Å². The van der Waals surface area contributed by atoms with E-state index in [9.17, 15) is 19.5 Å². The maximum absolute atomic E-state index is 13.3. The van der Waals surface area contributed by atoms with Crippen LogP contribution in [-0.4, -0.2) is 41.5 Å². The number of ether oxygens (including phenoxy) is 2. The minimum absolute atomic E-state index is 0.0655. The Bertz CT molecular complexity index is 1390. The molecule has 0 bridgehead atoms. The number of carbonyl (C=O) groups excluding carboxylic acids is 3. The van der Waals surface area contributed by atoms with E-state index in [-0.39, 0.29) is 45.9 Å². The SMILES string of the molecule is CCOC(=O)Cc1ccc(N2C(=O)C(=O)/C(=C(/O)c3cc(Cl)cc(Cl)c3OC)C2c2ccncc2)cc1. The molecule has 1 atom stereocenters. The number of esters is 1. The molecular weight excluding hydrogens is 519 g/mol. The molecule has 190 valence electrons. The van der Waals surface area contributed by atoms with E-state index < -0.39 is 23.5 Å². The lowest BCUT2D eigenvalue weighted by atomic mass is 9.95. The molecule has 3 aromatic rings. The molecule has 2 aromatic carbocycles. The molecular formula is C27H22Cl2N2O6. The summed E-state index contributed by atoms with van der Waals surface area (Å²) in [6, 6.07) is 11.8. The number of carbonyl (C=O) groups is 3. The summed E-state index contributed by atoms with van der Waals surface area (Å²) < 4.78 is 10.3. The number of aliphatic hydroxyl groups excluding tert-OH is 1. The van der Waals surface area contributed by atoms with Crippen molar-refractivity contribution in [2.24, 2.45) is 0 Å². The van der Waals surface area contributed by atoms with Gasteiger partial charge in [-0.2, -0.15) is 0 Å². The van der Waals surface area contributed by atoms with Gasteiger partial charge in [0.25, 0.3) is 11.7 Å². The summed E-state index contributed by atoms with van der Waals surface area (Å²) in [5.41, 5.74) is 1.52. The summed E-state index contributed by atoms with van der Waals surface area (Å²) in [6.07, 6.45) is 3.11. The molecule has 1 saturated heterocycles. The van der Waals surface area contributed by atoms with Crippen molar-refractivity contribution < 1.29 is 29.0 Å². The van der Waals surface area contributed by atoms with Gasteiger partial charge in [0.1, 0.15) is 11.5 Å². The van der Waals surface area contributed by atoms with Crippen LogP contribution in [0.3, 0.4) is 0 Å². The van der Waals surface area contributed by atoms with Crippen molar-refractivity contribution >= 4 is 52.3 Å². The fraction of sp³-hybridized carbons (Fsp3) is 0.185. The number of nitrogens with zero attached hydrogens (tertiary/aromatic N) is 2. The molecule has 0 radical (unpaired) electrons. The molecule has 0 spiro atoms. The molecule has 10 heteroatoms. The quantitative estimate of drug-likeness (QED) is 0.191. The molecule has 2 heterocycles. The highest BCUT2D eigenvalue weighted by atomic mass is 35.5. The summed E-state index contributed by atoms with van der Waals surface area (Å²) in [5, 5.41) is 11.7. The first kappa shape index (κ1) is 26.2. The van der Waals surface area contributed by atoms with E-state index in [1.165, 1.54) is 36.5 Å². The first-order chi connectivity index (χ1) is 17.8. The Morgan fingerprint density at radius 3 is 2.38 bits per heavy atom. The molecule has 1 aliphatic rings. The van der Waals surface area contributed by atoms with Crippen molar-refractivity contribution in [3.8, 4) is 5.75 Å². The van der Waals surface area contributed by atoms with Gasteiger partial charge in [-0.25, -0.2) is 0 Å². The van der Waals surface area contributed by atoms with Crippen LogP contribution in [0, 0.1) is 0 Å². The molecule has 0 aliphatic carbocycles. The lowest BCUT2D eigenvalue weighted by Crippen LogP contribution is -2.29. The van der Waals surface area contributed by atoms with Gasteiger partial charge in [-0.15, -0.1) is 0 Å². The van der Waals surface area contributed by atoms with Crippen molar-refractivity contribution in [3.05, 3.63) is 93.2 Å². The average Bonchev–Trinajstić information content (AvgIpc) is 3.14. The van der Waals surface area contributed by atoms with Crippen LogP contribution < -0.4 is 9.64 Å². The number of methoxy groups -OCH3 is 1. The van der Waals surface area contributed by atoms with E-state index in [0.717, 1.165) is 0 Å². The third-order valence-electron chi connectivity index (χ3n) is 5.80. The summed E-state index contributed by atoms with van der Waals surface area (Å²) in [5.74, 6) is -2.49. The van der Waals surface area contributed by atoms with Crippen molar-refractivity contribution in [1.29, 1.82) is 0 Å². The van der Waals surface area contributed by atoms with Gasteiger partial charge in [0.2, 0.25) is 0 Å². The predicted octanol–water partition coefficient (Wildman–Crippen LogP) is 5.13. The van der Waals surface area contributed by atoms with Crippen LogP contribution in [0.1, 0.15) is 29.7 Å². The summed E-state index contributed by atoms with van der Waals surface area (Å²) in [4.78, 5) is 43.8. The Balaban J connectivity index is 1.86. The molecule has 1 unspecified atom stereocenters. The van der Waals surface area contributed by atoms with Crippen molar-refractivity contribution in [3.63, 3.8) is 0 Å². The fourth-order valence-corrected chi connectivity index (χ4v) is 4.77. The highest BCUT2D eigenvalue weighted by molar-refractivity contribution is 6.51. The summed E-state index contributed by atoms with van der Waals surface area (Å²) in [6.45, 7) is 2.00. The molecule has 1 aromatic heterocycles. The Morgan fingerprint density at radius 1 is 1.08 bits per heavy atom. The molecule has 4 rings (SSSR count). The predicted molar refractivity (Wildman–Crippen MR) is 139 cm³/mol. The zero-order valence-corrected chi connectivity index (χ0v) is 21.4. The second kappa shape index (κ2) is 11.0. The van der Waals surface area contributed by atoms with Gasteiger partial charge in [-0.05, 0) is 54.4 Å². The van der Waals surface area contributed by atoms with Gasteiger partial charge in [0, 0.05) is 23.1 Å². The molecule has 1 amide bonds. The number of aromatic nitrogens is 1. The van der Waals surface area contributed by atoms with E-state index in [0.29, 0.717) is 16.8 Å². The number of Topliss-reactive ketones (excluding diaryl/α,β-unsaturated/α-hetero) is 1. The monoisotopic (exact) mass is 540 g/mol. The number of halogens is 2. The maximum atomic E-state index is 13.3. The van der Waals surface area contributed by atoms with E-state index >= 15 is 0 Å². The number of hydrogen-bond acceptors (Lipinski definition) is 7. The van der Waals surface area contributed by atoms with Gasteiger partial charge in [-0.3, -0.25) is 24.3 Å². The summed E-state index contributed by atoms with van der Waals surface area (Å²) in [7, 11) is 1.36. The molecule has 8 nitrogen and oxygen atoms in total. The van der Waals surface area contributed by atoms with E-state index in [2.05, 4.69) is 4.98 Å². The lowest BCUT2D eigenvalue weighted by molar-refractivity contribution is -0.142. The Morgan fingerprint density at radius 2 is 1.76 bits per heavy atom. The molecule has 0 saturated carbocycles. The van der Waals surface area contributed by atoms with Crippen LogP contribution in [0.2, 0.25) is 10.0 Å². The fourth-order valence-electron chi connectivity index (χ4n) is 4.20.